The van der Waals surface area contributed by atoms with E-state index in [1.54, 1.807) is 0 Å². The third-order valence-electron chi connectivity index (χ3n) is 2.73. The summed E-state index contributed by atoms with van der Waals surface area (Å²) >= 11 is 0. The van der Waals surface area contributed by atoms with E-state index in [0.29, 0.717) is 11.7 Å². The SMILES string of the molecule is O=S1(=O)CC[C@@H]2CC=CC[C@@H]21. The molecular formula is C8H12O2S. The van der Waals surface area contributed by atoms with Gasteiger partial charge in [0.25, 0.3) is 0 Å². The molecule has 0 bridgehead atoms. The first-order valence-corrected chi connectivity index (χ1v) is 5.78. The molecule has 0 amide bonds. The first-order valence-electron chi connectivity index (χ1n) is 4.07. The zero-order chi connectivity index (χ0) is 7.90. The maximum Gasteiger partial charge on any atom is 0.153 e. The van der Waals surface area contributed by atoms with Crippen molar-refractivity contribution < 1.29 is 8.42 Å². The highest BCUT2D eigenvalue weighted by atomic mass is 32.2. The molecule has 1 fully saturated rings. The first-order chi connectivity index (χ1) is 5.20. The molecule has 0 saturated carbocycles. The number of sulfone groups is 1. The van der Waals surface area contributed by atoms with E-state index in [0.717, 1.165) is 19.3 Å². The average molecular weight is 172 g/mol. The molecule has 2 rings (SSSR count). The highest BCUT2D eigenvalue weighted by Crippen LogP contribution is 2.34. The maximum atomic E-state index is 11.4. The molecular weight excluding hydrogens is 160 g/mol. The molecule has 2 nitrogen and oxygen atoms in total. The molecule has 62 valence electrons. The fraction of sp³-hybridized carbons (Fsp3) is 0.750. The van der Waals surface area contributed by atoms with E-state index in [-0.39, 0.29) is 5.25 Å². The van der Waals surface area contributed by atoms with Gasteiger partial charge >= 0.3 is 0 Å². The molecule has 2 atom stereocenters. The summed E-state index contributed by atoms with van der Waals surface area (Å²) in [7, 11) is -2.70. The van der Waals surface area contributed by atoms with E-state index >= 15 is 0 Å². The van der Waals surface area contributed by atoms with Crippen LogP contribution in [0.1, 0.15) is 19.3 Å². The molecule has 2 aliphatic rings. The molecule has 1 heterocycles. The Morgan fingerprint density at radius 1 is 1.18 bits per heavy atom. The van der Waals surface area contributed by atoms with Crippen molar-refractivity contribution in [3.63, 3.8) is 0 Å². The second-order valence-corrected chi connectivity index (χ2v) is 5.74. The molecule has 11 heavy (non-hydrogen) atoms. The molecule has 0 aromatic rings. The van der Waals surface area contributed by atoms with E-state index in [1.807, 2.05) is 6.08 Å². The molecule has 0 spiro atoms. The topological polar surface area (TPSA) is 34.1 Å². The smallest absolute Gasteiger partial charge is 0.153 e. The van der Waals surface area contributed by atoms with Crippen LogP contribution in [0.25, 0.3) is 0 Å². The Hall–Kier alpha value is -0.310. The first kappa shape index (κ1) is 7.35. The van der Waals surface area contributed by atoms with E-state index in [4.69, 9.17) is 0 Å². The van der Waals surface area contributed by atoms with Crippen LogP contribution >= 0.6 is 0 Å². The second kappa shape index (κ2) is 2.34. The van der Waals surface area contributed by atoms with E-state index in [9.17, 15) is 8.42 Å². The molecule has 1 aliphatic carbocycles. The summed E-state index contributed by atoms with van der Waals surface area (Å²) in [6.45, 7) is 0. The van der Waals surface area contributed by atoms with Gasteiger partial charge in [-0.2, -0.15) is 0 Å². The highest BCUT2D eigenvalue weighted by molar-refractivity contribution is 7.92. The Balaban J connectivity index is 2.32. The molecule has 0 aromatic heterocycles. The van der Waals surface area contributed by atoms with Crippen molar-refractivity contribution in [2.24, 2.45) is 5.92 Å². The van der Waals surface area contributed by atoms with Gasteiger partial charge in [-0.05, 0) is 25.2 Å². The highest BCUT2D eigenvalue weighted by Gasteiger charge is 2.39. The standard InChI is InChI=1S/C8H12O2S/c9-11(10)6-5-7-3-1-2-4-8(7)11/h1-2,7-8H,3-6H2/t7-,8-/m0/s1. The van der Waals surface area contributed by atoms with Gasteiger partial charge in [-0.25, -0.2) is 8.42 Å². The second-order valence-electron chi connectivity index (χ2n) is 3.40. The van der Waals surface area contributed by atoms with Gasteiger partial charge in [0, 0.05) is 0 Å². The lowest BCUT2D eigenvalue weighted by Gasteiger charge is -2.18. The minimum absolute atomic E-state index is 0.0347. The summed E-state index contributed by atoms with van der Waals surface area (Å²) < 4.78 is 22.7. The van der Waals surface area contributed by atoms with Crippen molar-refractivity contribution in [3.8, 4) is 0 Å². The van der Waals surface area contributed by atoms with Crippen molar-refractivity contribution >= 4 is 9.84 Å². The predicted molar refractivity (Wildman–Crippen MR) is 44.1 cm³/mol. The van der Waals surface area contributed by atoms with Crippen LogP contribution in [-0.2, 0) is 9.84 Å². The summed E-state index contributed by atoms with van der Waals surface area (Å²) in [5.74, 6) is 0.856. The number of rotatable bonds is 0. The summed E-state index contributed by atoms with van der Waals surface area (Å²) in [6.07, 6.45) is 6.74. The fourth-order valence-electron chi connectivity index (χ4n) is 2.06. The van der Waals surface area contributed by atoms with Gasteiger partial charge in [-0.1, -0.05) is 12.2 Å². The van der Waals surface area contributed by atoms with Gasteiger partial charge in [0.15, 0.2) is 9.84 Å². The van der Waals surface area contributed by atoms with Crippen LogP contribution in [0.2, 0.25) is 0 Å². The van der Waals surface area contributed by atoms with Crippen LogP contribution in [0.15, 0.2) is 12.2 Å². The molecule has 1 saturated heterocycles. The average Bonchev–Trinajstić information content (AvgIpc) is 2.29. The number of allylic oxidation sites excluding steroid dienone is 2. The quantitative estimate of drug-likeness (QED) is 0.513. The predicted octanol–water partition coefficient (Wildman–Crippen LogP) is 1.14. The minimum Gasteiger partial charge on any atom is -0.229 e. The monoisotopic (exact) mass is 172 g/mol. The normalized spacial score (nSPS) is 40.4. The van der Waals surface area contributed by atoms with Crippen LogP contribution in [0.4, 0.5) is 0 Å². The van der Waals surface area contributed by atoms with Crippen molar-refractivity contribution in [2.75, 3.05) is 5.75 Å². The Labute approximate surface area is 67.2 Å². The zero-order valence-electron chi connectivity index (χ0n) is 6.36. The van der Waals surface area contributed by atoms with Gasteiger partial charge in [0.2, 0.25) is 0 Å². The lowest BCUT2D eigenvalue weighted by Crippen LogP contribution is -2.23. The summed E-state index contributed by atoms with van der Waals surface area (Å²) in [5, 5.41) is -0.0347. The third kappa shape index (κ3) is 1.11. The van der Waals surface area contributed by atoms with Crippen LogP contribution in [0.3, 0.4) is 0 Å². The Morgan fingerprint density at radius 2 is 1.91 bits per heavy atom. The summed E-state index contributed by atoms with van der Waals surface area (Å²) in [6, 6.07) is 0. The maximum absolute atomic E-state index is 11.4. The zero-order valence-corrected chi connectivity index (χ0v) is 7.18. The van der Waals surface area contributed by atoms with Gasteiger partial charge in [0.1, 0.15) is 0 Å². The molecule has 1 aliphatic heterocycles. The van der Waals surface area contributed by atoms with Crippen LogP contribution in [0, 0.1) is 5.92 Å². The van der Waals surface area contributed by atoms with Gasteiger partial charge in [-0.15, -0.1) is 0 Å². The van der Waals surface area contributed by atoms with Crippen LogP contribution < -0.4 is 0 Å². The molecule has 3 heteroatoms. The molecule has 0 aromatic carbocycles. The van der Waals surface area contributed by atoms with E-state index in [2.05, 4.69) is 6.08 Å². The van der Waals surface area contributed by atoms with Crippen molar-refractivity contribution in [1.29, 1.82) is 0 Å². The fourth-order valence-corrected chi connectivity index (χ4v) is 4.23. The van der Waals surface area contributed by atoms with Crippen LogP contribution in [0.5, 0.6) is 0 Å². The number of hydrogen-bond acceptors (Lipinski definition) is 2. The van der Waals surface area contributed by atoms with Crippen molar-refractivity contribution in [2.45, 2.75) is 24.5 Å². The van der Waals surface area contributed by atoms with Crippen molar-refractivity contribution in [1.82, 2.24) is 0 Å². The molecule has 0 radical (unpaired) electrons. The lowest BCUT2D eigenvalue weighted by molar-refractivity contribution is 0.492. The summed E-state index contributed by atoms with van der Waals surface area (Å²) in [5.41, 5.74) is 0. The van der Waals surface area contributed by atoms with Gasteiger partial charge in [0.05, 0.1) is 11.0 Å². The number of hydrogen-bond donors (Lipinski definition) is 0. The molecule has 0 unspecified atom stereocenters. The largest absolute Gasteiger partial charge is 0.229 e. The minimum atomic E-state index is -2.70. The van der Waals surface area contributed by atoms with Gasteiger partial charge < -0.3 is 0 Å². The molecule has 0 N–H and O–H groups in total. The Morgan fingerprint density at radius 3 is 2.64 bits per heavy atom. The Bertz CT molecular complexity index is 276. The Kier molecular flexibility index (Phi) is 1.56. The van der Waals surface area contributed by atoms with E-state index in [1.165, 1.54) is 0 Å². The number of fused-ring (bicyclic) bond motifs is 1. The van der Waals surface area contributed by atoms with Crippen molar-refractivity contribution in [3.05, 3.63) is 12.2 Å². The van der Waals surface area contributed by atoms with Crippen LogP contribution in [-0.4, -0.2) is 19.4 Å². The summed E-state index contributed by atoms with van der Waals surface area (Å²) in [4.78, 5) is 0. The lowest BCUT2D eigenvalue weighted by atomic mass is 9.92. The van der Waals surface area contributed by atoms with Gasteiger partial charge in [-0.3, -0.25) is 0 Å². The third-order valence-corrected chi connectivity index (χ3v) is 5.04. The van der Waals surface area contributed by atoms with E-state index < -0.39 is 9.84 Å².